The molecule has 0 aliphatic rings. The van der Waals surface area contributed by atoms with Crippen molar-refractivity contribution in [2.75, 3.05) is 0 Å². The maximum Gasteiger partial charge on any atom is 0.102 e. The number of hydrogen-bond acceptors (Lipinski definition) is 3. The van der Waals surface area contributed by atoms with Crippen molar-refractivity contribution in [3.05, 3.63) is 77.9 Å². The Morgan fingerprint density at radius 3 is 2.65 bits per heavy atom. The first-order valence-corrected chi connectivity index (χ1v) is 7.62. The molecule has 0 bridgehead atoms. The van der Waals surface area contributed by atoms with E-state index in [9.17, 15) is 0 Å². The lowest BCUT2D eigenvalue weighted by Crippen LogP contribution is -2.00. The van der Waals surface area contributed by atoms with Crippen LogP contribution in [0.5, 0.6) is 0 Å². The van der Waals surface area contributed by atoms with Gasteiger partial charge < -0.3 is 4.57 Å². The van der Waals surface area contributed by atoms with Gasteiger partial charge in [0.1, 0.15) is 5.69 Å². The van der Waals surface area contributed by atoms with E-state index >= 15 is 0 Å². The standard InChI is InChI=1S/C18H17N5/c1-14-6-8-15(9-7-14)10-23-12-16(20-21-23)11-22-13-19-17-4-2-3-5-18(17)22/h2-9,12-13H,10-11H2,1H3. The van der Waals surface area contributed by atoms with Crippen molar-refractivity contribution in [2.45, 2.75) is 20.0 Å². The predicted molar refractivity (Wildman–Crippen MR) is 89.1 cm³/mol. The highest BCUT2D eigenvalue weighted by atomic mass is 15.4. The van der Waals surface area contributed by atoms with Gasteiger partial charge in [0.05, 0.1) is 36.6 Å². The molecule has 0 atom stereocenters. The molecule has 0 amide bonds. The van der Waals surface area contributed by atoms with Gasteiger partial charge in [0, 0.05) is 0 Å². The summed E-state index contributed by atoms with van der Waals surface area (Å²) in [6.07, 6.45) is 3.85. The van der Waals surface area contributed by atoms with E-state index in [1.165, 1.54) is 11.1 Å². The second-order valence-corrected chi connectivity index (χ2v) is 5.75. The summed E-state index contributed by atoms with van der Waals surface area (Å²) < 4.78 is 3.97. The van der Waals surface area contributed by atoms with Crippen LogP contribution in [0.1, 0.15) is 16.8 Å². The molecule has 0 fully saturated rings. The molecule has 0 N–H and O–H groups in total. The molecule has 23 heavy (non-hydrogen) atoms. The van der Waals surface area contributed by atoms with Gasteiger partial charge in [-0.05, 0) is 24.6 Å². The molecule has 114 valence electrons. The minimum atomic E-state index is 0.675. The summed E-state index contributed by atoms with van der Waals surface area (Å²) in [5, 5.41) is 8.50. The van der Waals surface area contributed by atoms with E-state index in [0.717, 1.165) is 23.3 Å². The van der Waals surface area contributed by atoms with Crippen LogP contribution < -0.4 is 0 Å². The number of nitrogens with zero attached hydrogens (tertiary/aromatic N) is 5. The number of aromatic nitrogens is 5. The van der Waals surface area contributed by atoms with Gasteiger partial charge in [-0.3, -0.25) is 0 Å². The first kappa shape index (κ1) is 13.7. The quantitative estimate of drug-likeness (QED) is 0.582. The maximum atomic E-state index is 4.41. The van der Waals surface area contributed by atoms with Crippen molar-refractivity contribution in [1.29, 1.82) is 0 Å². The zero-order chi connectivity index (χ0) is 15.6. The highest BCUT2D eigenvalue weighted by molar-refractivity contribution is 5.74. The zero-order valence-corrected chi connectivity index (χ0v) is 12.9. The first-order chi connectivity index (χ1) is 11.3. The molecule has 4 rings (SSSR count). The zero-order valence-electron chi connectivity index (χ0n) is 12.9. The van der Waals surface area contributed by atoms with Crippen molar-refractivity contribution < 1.29 is 0 Å². The van der Waals surface area contributed by atoms with E-state index in [2.05, 4.69) is 57.1 Å². The number of para-hydroxylation sites is 2. The van der Waals surface area contributed by atoms with Gasteiger partial charge in [-0.15, -0.1) is 5.10 Å². The number of hydrogen-bond donors (Lipinski definition) is 0. The van der Waals surface area contributed by atoms with Crippen LogP contribution in [0.4, 0.5) is 0 Å². The Bertz CT molecular complexity index is 933. The van der Waals surface area contributed by atoms with Crippen molar-refractivity contribution >= 4 is 11.0 Å². The third-order valence-electron chi connectivity index (χ3n) is 3.91. The Balaban J connectivity index is 1.52. The molecule has 0 radical (unpaired) electrons. The highest BCUT2D eigenvalue weighted by Crippen LogP contribution is 2.13. The Labute approximate surface area is 134 Å². The fraction of sp³-hybridized carbons (Fsp3) is 0.167. The van der Waals surface area contributed by atoms with Gasteiger partial charge in [0.25, 0.3) is 0 Å². The molecule has 2 aromatic carbocycles. The second-order valence-electron chi connectivity index (χ2n) is 5.75. The summed E-state index contributed by atoms with van der Waals surface area (Å²) in [5.74, 6) is 0. The molecule has 0 aliphatic carbocycles. The van der Waals surface area contributed by atoms with Crippen molar-refractivity contribution in [2.24, 2.45) is 0 Å². The molecular formula is C18H17N5. The van der Waals surface area contributed by atoms with Crippen LogP contribution in [0.2, 0.25) is 0 Å². The van der Waals surface area contributed by atoms with Gasteiger partial charge in [-0.25, -0.2) is 9.67 Å². The summed E-state index contributed by atoms with van der Waals surface area (Å²) in [4.78, 5) is 4.41. The average Bonchev–Trinajstić information content (AvgIpc) is 3.18. The minimum Gasteiger partial charge on any atom is -0.324 e. The lowest BCUT2D eigenvalue weighted by molar-refractivity contribution is 0.648. The van der Waals surface area contributed by atoms with Gasteiger partial charge in [-0.1, -0.05) is 47.2 Å². The lowest BCUT2D eigenvalue weighted by atomic mass is 10.1. The number of imidazole rings is 1. The maximum absolute atomic E-state index is 4.41. The Morgan fingerprint density at radius 1 is 0.957 bits per heavy atom. The van der Waals surface area contributed by atoms with E-state index in [0.29, 0.717) is 6.54 Å². The average molecular weight is 303 g/mol. The molecule has 5 nitrogen and oxygen atoms in total. The predicted octanol–water partition coefficient (Wildman–Crippen LogP) is 3.03. The highest BCUT2D eigenvalue weighted by Gasteiger charge is 2.06. The van der Waals surface area contributed by atoms with Crippen LogP contribution in [-0.4, -0.2) is 24.5 Å². The van der Waals surface area contributed by atoms with E-state index in [-0.39, 0.29) is 0 Å². The third-order valence-corrected chi connectivity index (χ3v) is 3.91. The van der Waals surface area contributed by atoms with E-state index < -0.39 is 0 Å². The summed E-state index contributed by atoms with van der Waals surface area (Å²) in [5.41, 5.74) is 5.53. The van der Waals surface area contributed by atoms with Crippen LogP contribution in [0, 0.1) is 6.92 Å². The largest absolute Gasteiger partial charge is 0.324 e. The first-order valence-electron chi connectivity index (χ1n) is 7.62. The molecule has 0 unspecified atom stereocenters. The fourth-order valence-corrected chi connectivity index (χ4v) is 2.68. The van der Waals surface area contributed by atoms with Gasteiger partial charge in [0.15, 0.2) is 0 Å². The molecule has 2 heterocycles. The van der Waals surface area contributed by atoms with Gasteiger partial charge >= 0.3 is 0 Å². The Kier molecular flexibility index (Phi) is 3.38. The summed E-state index contributed by atoms with van der Waals surface area (Å²) in [7, 11) is 0. The number of fused-ring (bicyclic) bond motifs is 1. The SMILES string of the molecule is Cc1ccc(Cn2cc(Cn3cnc4ccccc43)nn2)cc1. The van der Waals surface area contributed by atoms with Gasteiger partial charge in [0.2, 0.25) is 0 Å². The molecule has 0 spiro atoms. The van der Waals surface area contributed by atoms with Crippen molar-refractivity contribution in [1.82, 2.24) is 24.5 Å². The number of rotatable bonds is 4. The normalized spacial score (nSPS) is 11.2. The van der Waals surface area contributed by atoms with Crippen LogP contribution in [0.25, 0.3) is 11.0 Å². The topological polar surface area (TPSA) is 48.5 Å². The van der Waals surface area contributed by atoms with Crippen LogP contribution in [0.3, 0.4) is 0 Å². The molecular weight excluding hydrogens is 286 g/mol. The Morgan fingerprint density at radius 2 is 1.78 bits per heavy atom. The van der Waals surface area contributed by atoms with Crippen molar-refractivity contribution in [3.8, 4) is 0 Å². The molecule has 2 aromatic heterocycles. The fourth-order valence-electron chi connectivity index (χ4n) is 2.68. The van der Waals surface area contributed by atoms with E-state index in [1.807, 2.05) is 35.4 Å². The third kappa shape index (κ3) is 2.85. The summed E-state index contributed by atoms with van der Waals surface area (Å²) >= 11 is 0. The number of aryl methyl sites for hydroxylation is 1. The van der Waals surface area contributed by atoms with E-state index in [1.54, 1.807) is 0 Å². The summed E-state index contributed by atoms with van der Waals surface area (Å²) in [6.45, 7) is 3.50. The lowest BCUT2D eigenvalue weighted by Gasteiger charge is -2.02. The molecule has 4 aromatic rings. The van der Waals surface area contributed by atoms with Crippen LogP contribution >= 0.6 is 0 Å². The molecule has 0 aliphatic heterocycles. The smallest absolute Gasteiger partial charge is 0.102 e. The Hall–Kier alpha value is -2.95. The minimum absolute atomic E-state index is 0.675. The molecule has 5 heteroatoms. The second kappa shape index (κ2) is 5.68. The molecule has 0 saturated heterocycles. The van der Waals surface area contributed by atoms with Crippen LogP contribution in [0.15, 0.2) is 61.1 Å². The van der Waals surface area contributed by atoms with Gasteiger partial charge in [-0.2, -0.15) is 0 Å². The molecule has 0 saturated carbocycles. The monoisotopic (exact) mass is 303 g/mol. The van der Waals surface area contributed by atoms with Crippen molar-refractivity contribution in [3.63, 3.8) is 0 Å². The summed E-state index contributed by atoms with van der Waals surface area (Å²) in [6, 6.07) is 16.6. The number of benzene rings is 2. The van der Waals surface area contributed by atoms with Crippen LogP contribution in [-0.2, 0) is 13.1 Å². The van der Waals surface area contributed by atoms with E-state index in [4.69, 9.17) is 0 Å².